The molecule has 0 saturated heterocycles. The van der Waals surface area contributed by atoms with Crippen LogP contribution in [0.4, 0.5) is 32.0 Å². The topological polar surface area (TPSA) is 56.3 Å². The number of allylic oxidation sites excluding steroid dienone is 1. The molecule has 4 nitrogen and oxygen atoms in total. The van der Waals surface area contributed by atoms with Crippen molar-refractivity contribution >= 4 is 40.7 Å². The van der Waals surface area contributed by atoms with Crippen molar-refractivity contribution < 1.29 is 26.3 Å². The molecule has 2 N–H and O–H groups in total. The summed E-state index contributed by atoms with van der Waals surface area (Å²) in [5.74, 6) is 5.70. The van der Waals surface area contributed by atoms with Crippen LogP contribution < -0.4 is 10.9 Å². The number of nitriles is 1. The average Bonchev–Trinajstić information content (AvgIpc) is 2.68. The predicted octanol–water partition coefficient (Wildman–Crippen LogP) is 5.30. The quantitative estimate of drug-likeness (QED) is 0.503. The molecule has 1 aliphatic rings. The van der Waals surface area contributed by atoms with E-state index >= 15 is 0 Å². The lowest BCUT2D eigenvalue weighted by Gasteiger charge is -2.30. The van der Waals surface area contributed by atoms with Gasteiger partial charge < -0.3 is 0 Å². The number of hydrogen-bond acceptors (Lipinski definition) is 5. The Kier molecular flexibility index (Phi) is 5.66. The highest BCUT2D eigenvalue weighted by atomic mass is 35.5. The fourth-order valence-corrected chi connectivity index (χ4v) is 3.70. The Morgan fingerprint density at radius 2 is 1.65 bits per heavy atom. The summed E-state index contributed by atoms with van der Waals surface area (Å²) in [7, 11) is 0. The minimum atomic E-state index is -4.73. The van der Waals surface area contributed by atoms with Gasteiger partial charge in [-0.2, -0.15) is 31.6 Å². The van der Waals surface area contributed by atoms with Crippen molar-refractivity contribution in [2.75, 3.05) is 5.01 Å². The Bertz CT molecular complexity index is 778. The molecule has 142 valence electrons. The first-order valence-corrected chi connectivity index (χ1v) is 8.11. The highest BCUT2D eigenvalue weighted by Gasteiger charge is 2.44. The first-order chi connectivity index (χ1) is 11.8. The third-order valence-electron chi connectivity index (χ3n) is 3.32. The van der Waals surface area contributed by atoms with Crippen molar-refractivity contribution in [2.24, 2.45) is 5.84 Å². The molecule has 2 rings (SSSR count). The van der Waals surface area contributed by atoms with E-state index in [2.05, 4.69) is 0 Å². The van der Waals surface area contributed by atoms with E-state index in [4.69, 9.17) is 34.3 Å². The molecule has 13 heteroatoms. The number of anilines is 1. The number of hydrogen-bond donors (Lipinski definition) is 1. The maximum absolute atomic E-state index is 12.8. The average molecular weight is 437 g/mol. The Morgan fingerprint density at radius 3 is 2.04 bits per heavy atom. The van der Waals surface area contributed by atoms with Gasteiger partial charge in [-0.3, -0.25) is 5.01 Å². The summed E-state index contributed by atoms with van der Waals surface area (Å²) in [6, 6.07) is 1.23. The number of nitrogens with two attached hydrogens (primary N) is 1. The summed E-state index contributed by atoms with van der Waals surface area (Å²) in [5.41, 5.74) is -6.23. The van der Waals surface area contributed by atoms with Gasteiger partial charge >= 0.3 is 11.7 Å². The highest BCUT2D eigenvalue weighted by Crippen LogP contribution is 2.48. The molecular weight excluding hydrogens is 429 g/mol. The van der Waals surface area contributed by atoms with Gasteiger partial charge in [0.25, 0.3) is 0 Å². The predicted molar refractivity (Wildman–Crippen MR) is 85.7 cm³/mol. The van der Waals surface area contributed by atoms with E-state index in [9.17, 15) is 26.3 Å². The minimum absolute atomic E-state index is 0.134. The first-order valence-electron chi connectivity index (χ1n) is 6.54. The molecule has 26 heavy (non-hydrogen) atoms. The van der Waals surface area contributed by atoms with Gasteiger partial charge in [0.1, 0.15) is 0 Å². The molecule has 1 aliphatic heterocycles. The Balaban J connectivity index is 2.60. The zero-order valence-electron chi connectivity index (χ0n) is 12.6. The summed E-state index contributed by atoms with van der Waals surface area (Å²) >= 11 is 11.2. The van der Waals surface area contributed by atoms with E-state index in [1.165, 1.54) is 6.92 Å². The second-order valence-corrected chi connectivity index (χ2v) is 6.93. The van der Waals surface area contributed by atoms with Gasteiger partial charge in [0.05, 0.1) is 27.4 Å². The van der Waals surface area contributed by atoms with Crippen molar-refractivity contribution in [1.29, 1.82) is 5.26 Å². The summed E-state index contributed by atoms with van der Waals surface area (Å²) in [6.07, 6.45) is -4.73. The van der Waals surface area contributed by atoms with Crippen molar-refractivity contribution in [1.82, 2.24) is 5.12 Å². The Morgan fingerprint density at radius 1 is 1.15 bits per heavy atom. The van der Waals surface area contributed by atoms with E-state index in [0.717, 1.165) is 5.01 Å². The van der Waals surface area contributed by atoms with Crippen LogP contribution in [0.25, 0.3) is 0 Å². The molecule has 1 unspecified atom stereocenters. The molecule has 0 aromatic heterocycles. The number of alkyl halides is 6. The third kappa shape index (κ3) is 3.99. The van der Waals surface area contributed by atoms with Crippen molar-refractivity contribution in [2.45, 2.75) is 24.7 Å². The van der Waals surface area contributed by atoms with Crippen LogP contribution in [-0.2, 0) is 6.18 Å². The molecular formula is C13H8Cl2F6N4S. The molecule has 0 radical (unpaired) electrons. The fourth-order valence-electron chi connectivity index (χ4n) is 2.30. The third-order valence-corrected chi connectivity index (χ3v) is 4.87. The van der Waals surface area contributed by atoms with E-state index in [1.54, 1.807) is 6.07 Å². The number of benzene rings is 1. The normalized spacial score (nSPS) is 19.3. The number of rotatable bonds is 2. The molecule has 0 amide bonds. The van der Waals surface area contributed by atoms with Gasteiger partial charge in [-0.25, -0.2) is 5.84 Å². The highest BCUT2D eigenvalue weighted by molar-refractivity contribution is 8.04. The monoisotopic (exact) mass is 436 g/mol. The molecule has 0 aliphatic carbocycles. The van der Waals surface area contributed by atoms with E-state index < -0.39 is 50.0 Å². The van der Waals surface area contributed by atoms with Gasteiger partial charge in [-0.05, 0) is 30.8 Å². The summed E-state index contributed by atoms with van der Waals surface area (Å²) < 4.78 is 76.7. The van der Waals surface area contributed by atoms with Crippen LogP contribution >= 0.6 is 35.0 Å². The summed E-state index contributed by atoms with van der Waals surface area (Å²) in [4.78, 5) is -0.436. The lowest BCUT2D eigenvalue weighted by Crippen LogP contribution is -2.47. The van der Waals surface area contributed by atoms with E-state index in [-0.39, 0.29) is 11.4 Å². The maximum Gasteiger partial charge on any atom is 0.446 e. The largest absolute Gasteiger partial charge is 0.446 e. The molecule has 0 spiro atoms. The lowest BCUT2D eigenvalue weighted by molar-refractivity contribution is -0.137. The molecule has 1 atom stereocenters. The first kappa shape index (κ1) is 21.0. The molecule has 1 heterocycles. The van der Waals surface area contributed by atoms with Crippen LogP contribution in [0.3, 0.4) is 0 Å². The standard InChI is InChI=1S/C13H8Cl2F6N4S/c1-5-11(26-13(19,20)21)9(4-22)25(23)24(5)10-7(14)2-6(3-8(10)15)12(16,17)18/h2-3,9H,23H2,1H3. The molecule has 1 aromatic rings. The molecule has 1 aromatic carbocycles. The minimum Gasteiger partial charge on any atom is -0.260 e. The van der Waals surface area contributed by atoms with Crippen LogP contribution in [0.5, 0.6) is 0 Å². The van der Waals surface area contributed by atoms with Gasteiger partial charge in [0.15, 0.2) is 6.04 Å². The SMILES string of the molecule is CC1=C(SC(F)(F)F)C(C#N)N(N)N1c1c(Cl)cc(C(F)(F)F)cc1Cl. The van der Waals surface area contributed by atoms with E-state index in [1.807, 2.05) is 0 Å². The van der Waals surface area contributed by atoms with Gasteiger partial charge in [-0.15, -0.1) is 5.12 Å². The van der Waals surface area contributed by atoms with Crippen LogP contribution in [0.1, 0.15) is 12.5 Å². The van der Waals surface area contributed by atoms with Crippen molar-refractivity contribution in [3.05, 3.63) is 38.3 Å². The molecule has 0 fully saturated rings. The lowest BCUT2D eigenvalue weighted by atomic mass is 10.2. The Labute approximate surface area is 157 Å². The number of hydrazine groups is 2. The zero-order chi connectivity index (χ0) is 20.0. The smallest absolute Gasteiger partial charge is 0.260 e. The summed E-state index contributed by atoms with van der Waals surface area (Å²) in [6.45, 7) is 1.22. The molecule has 0 bridgehead atoms. The summed E-state index contributed by atoms with van der Waals surface area (Å²) in [5, 5.41) is 9.68. The second kappa shape index (κ2) is 7.01. The van der Waals surface area contributed by atoms with Crippen LogP contribution in [-0.4, -0.2) is 16.7 Å². The van der Waals surface area contributed by atoms with Crippen molar-refractivity contribution in [3.63, 3.8) is 0 Å². The Hall–Kier alpha value is -1.32. The number of halogens is 8. The van der Waals surface area contributed by atoms with E-state index in [0.29, 0.717) is 17.3 Å². The van der Waals surface area contributed by atoms with Gasteiger partial charge in [0.2, 0.25) is 0 Å². The van der Waals surface area contributed by atoms with Crippen LogP contribution in [0, 0.1) is 11.3 Å². The number of nitrogens with zero attached hydrogens (tertiary/aromatic N) is 3. The van der Waals surface area contributed by atoms with Crippen molar-refractivity contribution in [3.8, 4) is 6.07 Å². The number of thioether (sulfide) groups is 1. The fraction of sp³-hybridized carbons (Fsp3) is 0.308. The molecule has 0 saturated carbocycles. The maximum atomic E-state index is 12.8. The van der Waals surface area contributed by atoms with Gasteiger partial charge in [0, 0.05) is 10.6 Å². The van der Waals surface area contributed by atoms with Crippen LogP contribution in [0.15, 0.2) is 22.7 Å². The van der Waals surface area contributed by atoms with Crippen LogP contribution in [0.2, 0.25) is 10.0 Å². The van der Waals surface area contributed by atoms with Gasteiger partial charge in [-0.1, -0.05) is 23.2 Å². The second-order valence-electron chi connectivity index (χ2n) is 5.01. The zero-order valence-corrected chi connectivity index (χ0v) is 14.9.